The van der Waals surface area contributed by atoms with Crippen molar-refractivity contribution in [2.45, 2.75) is 6.54 Å². The van der Waals surface area contributed by atoms with Gasteiger partial charge in [-0.05, 0) is 24.3 Å². The van der Waals surface area contributed by atoms with Crippen LogP contribution in [0, 0.1) is 0 Å². The summed E-state index contributed by atoms with van der Waals surface area (Å²) >= 11 is 0. The summed E-state index contributed by atoms with van der Waals surface area (Å²) in [5.74, 6) is -0.200. The highest BCUT2D eigenvalue weighted by molar-refractivity contribution is 6.05. The summed E-state index contributed by atoms with van der Waals surface area (Å²) in [5, 5.41) is 3.83. The van der Waals surface area contributed by atoms with Crippen molar-refractivity contribution in [1.82, 2.24) is 24.4 Å². The number of benzene rings is 1. The first kappa shape index (κ1) is 20.3. The van der Waals surface area contributed by atoms with Gasteiger partial charge >= 0.3 is 0 Å². The number of carbonyl (C=O) groups is 1. The normalized spacial score (nSPS) is 14.1. The molecule has 32 heavy (non-hydrogen) atoms. The molecule has 8 heteroatoms. The Hall–Kier alpha value is -3.65. The molecule has 0 atom stereocenters. The van der Waals surface area contributed by atoms with Gasteiger partial charge in [-0.3, -0.25) is 4.79 Å². The number of hydrogen-bond acceptors (Lipinski definition) is 5. The molecule has 8 nitrogen and oxygen atoms in total. The third-order valence-electron chi connectivity index (χ3n) is 5.96. The Balaban J connectivity index is 1.50. The monoisotopic (exact) mass is 430 g/mol. The lowest BCUT2D eigenvalue weighted by Gasteiger charge is -2.29. The van der Waals surface area contributed by atoms with Gasteiger partial charge in [-0.15, -0.1) is 0 Å². The molecule has 0 unspecified atom stereocenters. The molecule has 3 aromatic heterocycles. The van der Waals surface area contributed by atoms with Crippen LogP contribution in [-0.4, -0.2) is 51.3 Å². The number of hydrogen-bond donors (Lipinski definition) is 1. The molecule has 4 aromatic rings. The van der Waals surface area contributed by atoms with Crippen molar-refractivity contribution >= 4 is 22.5 Å². The Labute approximate surface area is 186 Å². The zero-order chi connectivity index (χ0) is 22.1. The first-order valence-corrected chi connectivity index (χ1v) is 10.7. The summed E-state index contributed by atoms with van der Waals surface area (Å²) in [6, 6.07) is 12.3. The number of nitrogens with one attached hydrogen (secondary N) is 1. The van der Waals surface area contributed by atoms with Crippen LogP contribution in [-0.2, 0) is 25.4 Å². The van der Waals surface area contributed by atoms with Crippen molar-refractivity contribution in [3.8, 4) is 11.3 Å². The van der Waals surface area contributed by atoms with Crippen molar-refractivity contribution in [2.24, 2.45) is 14.1 Å². The Bertz CT molecular complexity index is 1270. The van der Waals surface area contributed by atoms with Gasteiger partial charge in [0.05, 0.1) is 43.0 Å². The number of amides is 1. The maximum atomic E-state index is 13.1. The van der Waals surface area contributed by atoms with Gasteiger partial charge in [-0.25, -0.2) is 9.97 Å². The summed E-state index contributed by atoms with van der Waals surface area (Å²) < 4.78 is 9.39. The molecule has 1 aliphatic rings. The Morgan fingerprint density at radius 3 is 2.75 bits per heavy atom. The third-order valence-corrected chi connectivity index (χ3v) is 5.96. The molecule has 1 amide bonds. The van der Waals surface area contributed by atoms with Gasteiger partial charge in [0.1, 0.15) is 5.69 Å². The summed E-state index contributed by atoms with van der Waals surface area (Å²) in [6.07, 6.45) is 5.43. The number of fused-ring (bicyclic) bond motifs is 1. The van der Waals surface area contributed by atoms with Crippen LogP contribution < -0.4 is 10.2 Å². The van der Waals surface area contributed by atoms with Gasteiger partial charge in [-0.1, -0.05) is 12.1 Å². The fourth-order valence-electron chi connectivity index (χ4n) is 4.08. The number of aryl methyl sites for hydroxylation is 2. The topological polar surface area (TPSA) is 77.2 Å². The minimum atomic E-state index is -0.200. The molecule has 1 saturated heterocycles. The SMILES string of the molecule is Cn1cncc1CNC(=O)c1nc(-c2cccc(N3CCOCC3)c2)cc2c1ccn2C. The Kier molecular flexibility index (Phi) is 5.36. The molecular formula is C24H26N6O2. The molecule has 0 aliphatic carbocycles. The maximum Gasteiger partial charge on any atom is 0.270 e. The quantitative estimate of drug-likeness (QED) is 0.527. The van der Waals surface area contributed by atoms with E-state index in [4.69, 9.17) is 9.72 Å². The second kappa shape index (κ2) is 8.47. The molecule has 1 N–H and O–H groups in total. The summed E-state index contributed by atoms with van der Waals surface area (Å²) in [4.78, 5) is 24.4. The van der Waals surface area contributed by atoms with Crippen LogP contribution in [0.5, 0.6) is 0 Å². The van der Waals surface area contributed by atoms with Crippen LogP contribution in [0.2, 0.25) is 0 Å². The zero-order valence-electron chi connectivity index (χ0n) is 18.3. The van der Waals surface area contributed by atoms with Crippen molar-refractivity contribution in [2.75, 3.05) is 31.2 Å². The van der Waals surface area contributed by atoms with E-state index in [1.165, 1.54) is 0 Å². The van der Waals surface area contributed by atoms with Crippen molar-refractivity contribution in [3.05, 3.63) is 66.5 Å². The maximum absolute atomic E-state index is 13.1. The van der Waals surface area contributed by atoms with Crippen LogP contribution in [0.15, 0.2) is 55.1 Å². The molecule has 1 aliphatic heterocycles. The molecular weight excluding hydrogens is 404 g/mol. The van der Waals surface area contributed by atoms with Crippen molar-refractivity contribution in [1.29, 1.82) is 0 Å². The number of ether oxygens (including phenoxy) is 1. The predicted octanol–water partition coefficient (Wildman–Crippen LogP) is 2.74. The van der Waals surface area contributed by atoms with Crippen LogP contribution >= 0.6 is 0 Å². The van der Waals surface area contributed by atoms with Crippen LogP contribution in [0.4, 0.5) is 5.69 Å². The van der Waals surface area contributed by atoms with E-state index in [2.05, 4.69) is 27.3 Å². The van der Waals surface area contributed by atoms with E-state index >= 15 is 0 Å². The van der Waals surface area contributed by atoms with Crippen LogP contribution in [0.3, 0.4) is 0 Å². The van der Waals surface area contributed by atoms with E-state index in [-0.39, 0.29) is 5.91 Å². The average molecular weight is 431 g/mol. The van der Waals surface area contributed by atoms with E-state index in [9.17, 15) is 4.79 Å². The first-order valence-electron chi connectivity index (χ1n) is 10.7. The standard InChI is InChI=1S/C24H26N6O2/c1-28-7-6-20-22(28)13-21(17-4-3-5-18(12-17)30-8-10-32-11-9-30)27-23(20)24(31)26-15-19-14-25-16-29(19)2/h3-7,12-14,16H,8-11,15H2,1-2H3,(H,26,31). The van der Waals surface area contributed by atoms with Gasteiger partial charge in [0.2, 0.25) is 0 Å². The molecule has 5 rings (SSSR count). The lowest BCUT2D eigenvalue weighted by atomic mass is 10.1. The molecule has 4 heterocycles. The van der Waals surface area contributed by atoms with Gasteiger partial charge in [0.25, 0.3) is 5.91 Å². The largest absolute Gasteiger partial charge is 0.378 e. The highest BCUT2D eigenvalue weighted by Crippen LogP contribution is 2.28. The van der Waals surface area contributed by atoms with Gasteiger partial charge in [0, 0.05) is 56.2 Å². The number of anilines is 1. The van der Waals surface area contributed by atoms with Crippen molar-refractivity contribution < 1.29 is 9.53 Å². The highest BCUT2D eigenvalue weighted by atomic mass is 16.5. The highest BCUT2D eigenvalue weighted by Gasteiger charge is 2.18. The number of nitrogens with zero attached hydrogens (tertiary/aromatic N) is 5. The smallest absolute Gasteiger partial charge is 0.270 e. The minimum absolute atomic E-state index is 0.200. The predicted molar refractivity (Wildman–Crippen MR) is 124 cm³/mol. The number of imidazole rings is 1. The number of carbonyl (C=O) groups excluding carboxylic acids is 1. The summed E-state index contributed by atoms with van der Waals surface area (Å²) in [7, 11) is 3.89. The lowest BCUT2D eigenvalue weighted by molar-refractivity contribution is 0.0947. The molecule has 0 spiro atoms. The number of aromatic nitrogens is 4. The molecule has 1 fully saturated rings. The lowest BCUT2D eigenvalue weighted by Crippen LogP contribution is -2.36. The fraction of sp³-hybridized carbons (Fsp3) is 0.292. The second-order valence-corrected chi connectivity index (χ2v) is 8.04. The molecule has 0 radical (unpaired) electrons. The number of pyridine rings is 1. The molecule has 0 saturated carbocycles. The van der Waals surface area contributed by atoms with Crippen molar-refractivity contribution in [3.63, 3.8) is 0 Å². The zero-order valence-corrected chi connectivity index (χ0v) is 18.3. The fourth-order valence-corrected chi connectivity index (χ4v) is 4.08. The molecule has 1 aromatic carbocycles. The third kappa shape index (κ3) is 3.85. The van der Waals surface area contributed by atoms with E-state index < -0.39 is 0 Å². The first-order chi connectivity index (χ1) is 15.6. The van der Waals surface area contributed by atoms with Gasteiger partial charge in [-0.2, -0.15) is 0 Å². The minimum Gasteiger partial charge on any atom is -0.378 e. The average Bonchev–Trinajstić information content (AvgIpc) is 3.42. The Morgan fingerprint density at radius 2 is 1.97 bits per heavy atom. The van der Waals surface area contributed by atoms with E-state index in [0.717, 1.165) is 59.8 Å². The molecule has 164 valence electrons. The summed E-state index contributed by atoms with van der Waals surface area (Å²) in [5.41, 5.74) is 5.23. The van der Waals surface area contributed by atoms with Gasteiger partial charge < -0.3 is 24.1 Å². The number of morpholine rings is 1. The second-order valence-electron chi connectivity index (χ2n) is 8.04. The number of rotatable bonds is 5. The van der Waals surface area contributed by atoms with E-state index in [1.54, 1.807) is 12.5 Å². The van der Waals surface area contributed by atoms with E-state index in [0.29, 0.717) is 12.2 Å². The molecule has 0 bridgehead atoms. The Morgan fingerprint density at radius 1 is 1.12 bits per heavy atom. The van der Waals surface area contributed by atoms with Crippen LogP contribution in [0.1, 0.15) is 16.2 Å². The van der Waals surface area contributed by atoms with E-state index in [1.807, 2.05) is 53.7 Å². The summed E-state index contributed by atoms with van der Waals surface area (Å²) in [6.45, 7) is 3.60. The van der Waals surface area contributed by atoms with Gasteiger partial charge in [0.15, 0.2) is 0 Å². The van der Waals surface area contributed by atoms with Crippen LogP contribution in [0.25, 0.3) is 22.2 Å².